The van der Waals surface area contributed by atoms with Crippen LogP contribution in [0, 0.1) is 5.92 Å². The van der Waals surface area contributed by atoms with Gasteiger partial charge in [-0.15, -0.1) is 0 Å². The molecule has 0 bridgehead atoms. The molecular weight excluding hydrogens is 362 g/mol. The molecule has 22 heavy (non-hydrogen) atoms. The maximum Gasteiger partial charge on any atom is 0.270 e. The van der Waals surface area contributed by atoms with E-state index in [0.29, 0.717) is 16.6 Å². The van der Waals surface area contributed by atoms with Crippen LogP contribution in [0.4, 0.5) is 0 Å². The minimum absolute atomic E-state index is 0.227. The molecule has 0 spiro atoms. The van der Waals surface area contributed by atoms with Gasteiger partial charge in [-0.05, 0) is 52.6 Å². The Morgan fingerprint density at radius 2 is 2.00 bits per heavy atom. The average molecular weight is 386 g/mol. The largest absolute Gasteiger partial charge is 0.361 e. The van der Waals surface area contributed by atoms with Crippen LogP contribution < -0.4 is 16.2 Å². The third-order valence-electron chi connectivity index (χ3n) is 3.50. The number of benzene rings is 1. The third kappa shape index (κ3) is 6.75. The van der Waals surface area contributed by atoms with Crippen molar-refractivity contribution in [2.45, 2.75) is 39.5 Å². The topological polar surface area (TPSA) is 53.2 Å². The zero-order valence-electron chi connectivity index (χ0n) is 13.1. The van der Waals surface area contributed by atoms with E-state index in [0.717, 1.165) is 17.4 Å². The Morgan fingerprint density at radius 3 is 2.64 bits per heavy atom. The number of nitrogens with one attached hydrogen (secondary N) is 3. The first-order chi connectivity index (χ1) is 10.6. The Labute approximate surface area is 146 Å². The molecule has 0 aliphatic rings. The van der Waals surface area contributed by atoms with Gasteiger partial charge in [-0.25, -0.2) is 0 Å². The molecule has 0 aliphatic carbocycles. The molecule has 1 aromatic carbocycles. The summed E-state index contributed by atoms with van der Waals surface area (Å²) < 4.78 is 0.749. The molecule has 1 rings (SSSR count). The van der Waals surface area contributed by atoms with Gasteiger partial charge in [-0.1, -0.05) is 45.2 Å². The van der Waals surface area contributed by atoms with Gasteiger partial charge in [0, 0.05) is 11.0 Å². The normalized spacial score (nSPS) is 11.6. The van der Waals surface area contributed by atoms with Crippen LogP contribution in [0.3, 0.4) is 0 Å². The molecule has 6 heteroatoms. The van der Waals surface area contributed by atoms with Crippen LogP contribution in [-0.2, 0) is 0 Å². The molecule has 0 fully saturated rings. The maximum absolute atomic E-state index is 12.0. The predicted octanol–water partition coefficient (Wildman–Crippen LogP) is 3.77. The van der Waals surface area contributed by atoms with Crippen molar-refractivity contribution in [3.8, 4) is 0 Å². The van der Waals surface area contributed by atoms with Crippen molar-refractivity contribution in [2.24, 2.45) is 5.92 Å². The highest BCUT2D eigenvalue weighted by molar-refractivity contribution is 9.10. The van der Waals surface area contributed by atoms with Crippen molar-refractivity contribution in [1.82, 2.24) is 16.2 Å². The summed E-state index contributed by atoms with van der Waals surface area (Å²) in [6.45, 7) is 5.21. The predicted molar refractivity (Wildman–Crippen MR) is 98.7 cm³/mol. The molecule has 0 aliphatic heterocycles. The summed E-state index contributed by atoms with van der Waals surface area (Å²) in [5, 5.41) is 3.60. The van der Waals surface area contributed by atoms with Crippen LogP contribution in [0.2, 0.25) is 0 Å². The molecule has 122 valence electrons. The lowest BCUT2D eigenvalue weighted by Gasteiger charge is -2.17. The number of rotatable bonds is 7. The highest BCUT2D eigenvalue weighted by Crippen LogP contribution is 2.15. The summed E-state index contributed by atoms with van der Waals surface area (Å²) in [4.78, 5) is 12.0. The molecule has 0 aromatic heterocycles. The number of halogens is 1. The number of unbranched alkanes of at least 4 members (excludes halogenated alkanes) is 1. The van der Waals surface area contributed by atoms with Gasteiger partial charge in [0.15, 0.2) is 5.11 Å². The van der Waals surface area contributed by atoms with Gasteiger partial charge in [0.1, 0.15) is 0 Å². The van der Waals surface area contributed by atoms with Crippen molar-refractivity contribution < 1.29 is 4.79 Å². The standard InChI is InChI=1S/C16H24BrN3OS/c1-3-5-8-12(4-2)11-18-16(22)20-19-15(21)13-9-6-7-10-14(13)17/h6-7,9-10,12H,3-5,8,11H2,1-2H3,(H,19,21)(H2,18,20,22)/t12-/m1/s1. The molecule has 0 unspecified atom stereocenters. The lowest BCUT2D eigenvalue weighted by atomic mass is 9.99. The highest BCUT2D eigenvalue weighted by Gasteiger charge is 2.10. The molecule has 1 aromatic rings. The second-order valence-corrected chi connectivity index (χ2v) is 6.45. The summed E-state index contributed by atoms with van der Waals surface area (Å²) in [6.07, 6.45) is 4.77. The van der Waals surface area contributed by atoms with Gasteiger partial charge in [-0.2, -0.15) is 0 Å². The number of carbonyl (C=O) groups excluding carboxylic acids is 1. The van der Waals surface area contributed by atoms with Crippen molar-refractivity contribution >= 4 is 39.2 Å². The fourth-order valence-corrected chi connectivity index (χ4v) is 2.65. The number of amides is 1. The number of thiocarbonyl (C=S) groups is 1. The molecule has 4 nitrogen and oxygen atoms in total. The van der Waals surface area contributed by atoms with Crippen LogP contribution in [0.5, 0.6) is 0 Å². The van der Waals surface area contributed by atoms with Gasteiger partial charge in [-0.3, -0.25) is 15.6 Å². The Balaban J connectivity index is 2.34. The summed E-state index contributed by atoms with van der Waals surface area (Å²) in [5.41, 5.74) is 5.91. The molecular formula is C16H24BrN3OS. The summed E-state index contributed by atoms with van der Waals surface area (Å²) in [6, 6.07) is 7.25. The zero-order chi connectivity index (χ0) is 16.4. The van der Waals surface area contributed by atoms with Gasteiger partial charge in [0.2, 0.25) is 0 Å². The van der Waals surface area contributed by atoms with Crippen molar-refractivity contribution in [2.75, 3.05) is 6.54 Å². The summed E-state index contributed by atoms with van der Waals surface area (Å²) >= 11 is 8.54. The fourth-order valence-electron chi connectivity index (χ4n) is 2.05. The van der Waals surface area contributed by atoms with Crippen LogP contribution in [0.15, 0.2) is 28.7 Å². The van der Waals surface area contributed by atoms with Crippen LogP contribution in [-0.4, -0.2) is 17.6 Å². The second kappa shape index (κ2) is 10.6. The molecule has 0 heterocycles. The summed E-state index contributed by atoms with van der Waals surface area (Å²) in [7, 11) is 0. The van der Waals surface area contributed by atoms with E-state index in [1.54, 1.807) is 6.07 Å². The number of hydrogen-bond donors (Lipinski definition) is 3. The van der Waals surface area contributed by atoms with E-state index in [4.69, 9.17) is 12.2 Å². The van der Waals surface area contributed by atoms with Gasteiger partial charge in [0.05, 0.1) is 5.56 Å². The van der Waals surface area contributed by atoms with Crippen molar-refractivity contribution in [3.63, 3.8) is 0 Å². The van der Waals surface area contributed by atoms with Crippen molar-refractivity contribution in [1.29, 1.82) is 0 Å². The van der Waals surface area contributed by atoms with Gasteiger partial charge < -0.3 is 5.32 Å². The maximum atomic E-state index is 12.0. The first-order valence-electron chi connectivity index (χ1n) is 7.67. The summed E-state index contributed by atoms with van der Waals surface area (Å²) in [5.74, 6) is 0.383. The van der Waals surface area contributed by atoms with E-state index >= 15 is 0 Å². The lowest BCUT2D eigenvalue weighted by molar-refractivity contribution is 0.0943. The molecule has 0 radical (unpaired) electrons. The first kappa shape index (κ1) is 18.9. The number of hydrazine groups is 1. The Kier molecular flexibility index (Phi) is 9.08. The lowest BCUT2D eigenvalue weighted by Crippen LogP contribution is -2.47. The van der Waals surface area contributed by atoms with E-state index in [9.17, 15) is 4.79 Å². The van der Waals surface area contributed by atoms with Crippen LogP contribution in [0.25, 0.3) is 0 Å². The van der Waals surface area contributed by atoms with E-state index < -0.39 is 0 Å². The van der Waals surface area contributed by atoms with Gasteiger partial charge >= 0.3 is 0 Å². The van der Waals surface area contributed by atoms with E-state index in [2.05, 4.69) is 45.9 Å². The smallest absolute Gasteiger partial charge is 0.270 e. The fraction of sp³-hybridized carbons (Fsp3) is 0.500. The second-order valence-electron chi connectivity index (χ2n) is 5.19. The molecule has 1 amide bonds. The van der Waals surface area contributed by atoms with E-state index in [-0.39, 0.29) is 5.91 Å². The highest BCUT2D eigenvalue weighted by atomic mass is 79.9. The van der Waals surface area contributed by atoms with Crippen LogP contribution in [0.1, 0.15) is 49.9 Å². The quantitative estimate of drug-likeness (QED) is 0.493. The number of carbonyl (C=O) groups is 1. The monoisotopic (exact) mass is 385 g/mol. The zero-order valence-corrected chi connectivity index (χ0v) is 15.5. The molecule has 0 saturated carbocycles. The Hall–Kier alpha value is -1.14. The molecule has 1 atom stereocenters. The Bertz CT molecular complexity index is 496. The molecule has 3 N–H and O–H groups in total. The van der Waals surface area contributed by atoms with E-state index in [1.165, 1.54) is 19.3 Å². The minimum Gasteiger partial charge on any atom is -0.361 e. The van der Waals surface area contributed by atoms with E-state index in [1.807, 2.05) is 18.2 Å². The average Bonchev–Trinajstić information content (AvgIpc) is 2.53. The number of hydrogen-bond acceptors (Lipinski definition) is 2. The SMILES string of the molecule is CCCC[C@@H](CC)CNC(=S)NNC(=O)c1ccccc1Br. The Morgan fingerprint density at radius 1 is 1.27 bits per heavy atom. The van der Waals surface area contributed by atoms with Gasteiger partial charge in [0.25, 0.3) is 5.91 Å². The molecule has 0 saturated heterocycles. The minimum atomic E-state index is -0.227. The van der Waals surface area contributed by atoms with Crippen LogP contribution >= 0.6 is 28.1 Å². The first-order valence-corrected chi connectivity index (χ1v) is 8.87. The van der Waals surface area contributed by atoms with Crippen molar-refractivity contribution in [3.05, 3.63) is 34.3 Å². The third-order valence-corrected chi connectivity index (χ3v) is 4.44.